The van der Waals surface area contributed by atoms with Gasteiger partial charge in [0.05, 0.1) is 12.1 Å². The quantitative estimate of drug-likeness (QED) is 0.454. The summed E-state index contributed by atoms with van der Waals surface area (Å²) >= 11 is 5.89. The van der Waals surface area contributed by atoms with E-state index in [2.05, 4.69) is 10.2 Å². The summed E-state index contributed by atoms with van der Waals surface area (Å²) in [7, 11) is 0. The molecule has 1 aromatic carbocycles. The second-order valence-electron chi connectivity index (χ2n) is 5.37. The van der Waals surface area contributed by atoms with Crippen LogP contribution in [0.15, 0.2) is 28.4 Å². The van der Waals surface area contributed by atoms with E-state index in [1.54, 1.807) is 6.07 Å². The molecule has 2 atom stereocenters. The predicted molar refractivity (Wildman–Crippen MR) is 74.9 cm³/mol. The number of aryl methyl sites for hydroxylation is 2. The summed E-state index contributed by atoms with van der Waals surface area (Å²) in [5, 5.41) is 7.78. The van der Waals surface area contributed by atoms with Crippen LogP contribution < -0.4 is 4.90 Å². The molecule has 0 unspecified atom stereocenters. The second-order valence-corrected chi connectivity index (χ2v) is 5.87. The number of carbonyl (C=O) groups is 2. The molecule has 0 radical (unpaired) electrons. The number of hydrogen-bond acceptors (Lipinski definition) is 4. The third-order valence-corrected chi connectivity index (χ3v) is 4.17. The van der Waals surface area contributed by atoms with Crippen molar-refractivity contribution in [3.05, 3.63) is 29.3 Å². The van der Waals surface area contributed by atoms with E-state index >= 15 is 0 Å². The van der Waals surface area contributed by atoms with Crippen LogP contribution in [-0.4, -0.2) is 22.9 Å². The second kappa shape index (κ2) is 4.38. The van der Waals surface area contributed by atoms with Crippen LogP contribution in [0.5, 0.6) is 0 Å². The molecule has 1 spiro atoms. The Hall–Kier alpha value is -1.75. The van der Waals surface area contributed by atoms with Crippen molar-refractivity contribution in [1.29, 1.82) is 0 Å². The summed E-state index contributed by atoms with van der Waals surface area (Å²) in [4.78, 5) is 26.0. The van der Waals surface area contributed by atoms with Gasteiger partial charge in [0, 0.05) is 6.42 Å². The molecule has 0 N–H and O–H groups in total. The van der Waals surface area contributed by atoms with Gasteiger partial charge in [0.1, 0.15) is 5.50 Å². The van der Waals surface area contributed by atoms with Crippen LogP contribution in [0.4, 0.5) is 5.69 Å². The van der Waals surface area contributed by atoms with Gasteiger partial charge in [0.2, 0.25) is 5.91 Å². The molecule has 1 fully saturated rings. The van der Waals surface area contributed by atoms with Gasteiger partial charge in [0.15, 0.2) is 5.54 Å². The molecule has 2 aliphatic rings. The third kappa shape index (κ3) is 1.85. The first kappa shape index (κ1) is 13.2. The highest BCUT2D eigenvalue weighted by Gasteiger charge is 2.56. The Morgan fingerprint density at radius 1 is 1.30 bits per heavy atom. The fourth-order valence-electron chi connectivity index (χ4n) is 2.62. The number of benzene rings is 1. The fraction of sp³-hybridized carbons (Fsp3) is 0.429. The van der Waals surface area contributed by atoms with E-state index in [4.69, 9.17) is 11.6 Å². The van der Waals surface area contributed by atoms with Crippen LogP contribution >= 0.6 is 11.6 Å². The van der Waals surface area contributed by atoms with E-state index in [0.29, 0.717) is 12.1 Å². The standard InChI is InChI=1S/C14H14ClN3O2/c1-8-3-4-10(5-9(8)2)18-12(19)7-14(13(18)20)6-11(15)16-17-14/h3-5,11H,6-7H2,1-2H3/t11-,14-/m0/s1. The molecule has 6 heteroatoms. The average molecular weight is 292 g/mol. The van der Waals surface area contributed by atoms with Crippen molar-refractivity contribution in [1.82, 2.24) is 0 Å². The number of anilines is 1. The van der Waals surface area contributed by atoms with Crippen LogP contribution in [0.1, 0.15) is 24.0 Å². The van der Waals surface area contributed by atoms with Gasteiger partial charge in [-0.2, -0.15) is 10.2 Å². The van der Waals surface area contributed by atoms with Crippen molar-refractivity contribution in [2.45, 2.75) is 37.7 Å². The number of amides is 2. The van der Waals surface area contributed by atoms with Gasteiger partial charge < -0.3 is 0 Å². The summed E-state index contributed by atoms with van der Waals surface area (Å²) in [5.74, 6) is -0.569. The number of alkyl halides is 1. The van der Waals surface area contributed by atoms with Crippen LogP contribution in [0, 0.1) is 13.8 Å². The first-order valence-electron chi connectivity index (χ1n) is 6.44. The molecular formula is C14H14ClN3O2. The number of nitrogens with zero attached hydrogens (tertiary/aromatic N) is 3. The minimum absolute atomic E-state index is 0.0471. The van der Waals surface area contributed by atoms with E-state index in [0.717, 1.165) is 11.1 Å². The van der Waals surface area contributed by atoms with Crippen molar-refractivity contribution in [2.75, 3.05) is 4.90 Å². The lowest BCUT2D eigenvalue weighted by Gasteiger charge is -2.18. The van der Waals surface area contributed by atoms with Gasteiger partial charge in [-0.1, -0.05) is 17.7 Å². The van der Waals surface area contributed by atoms with Crippen LogP contribution in [0.2, 0.25) is 0 Å². The zero-order valence-electron chi connectivity index (χ0n) is 11.3. The zero-order chi connectivity index (χ0) is 14.5. The van der Waals surface area contributed by atoms with Crippen molar-refractivity contribution in [3.8, 4) is 0 Å². The maximum Gasteiger partial charge on any atom is 0.264 e. The van der Waals surface area contributed by atoms with Gasteiger partial charge in [-0.15, -0.1) is 0 Å². The Morgan fingerprint density at radius 3 is 2.65 bits per heavy atom. The van der Waals surface area contributed by atoms with Gasteiger partial charge >= 0.3 is 0 Å². The molecule has 0 bridgehead atoms. The summed E-state index contributed by atoms with van der Waals surface area (Å²) < 4.78 is 0. The average Bonchev–Trinajstić information content (AvgIpc) is 2.86. The maximum atomic E-state index is 12.6. The first-order valence-corrected chi connectivity index (χ1v) is 6.87. The highest BCUT2D eigenvalue weighted by molar-refractivity contribution is 6.26. The first-order chi connectivity index (χ1) is 9.43. The number of hydrogen-bond donors (Lipinski definition) is 0. The molecule has 2 heterocycles. The smallest absolute Gasteiger partial charge is 0.264 e. The molecular weight excluding hydrogens is 278 g/mol. The van der Waals surface area contributed by atoms with Gasteiger partial charge in [0.25, 0.3) is 5.91 Å². The molecule has 0 aromatic heterocycles. The molecule has 5 nitrogen and oxygen atoms in total. The highest BCUT2D eigenvalue weighted by atomic mass is 35.5. The fourth-order valence-corrected chi connectivity index (χ4v) is 2.92. The molecule has 2 aliphatic heterocycles. The third-order valence-electron chi connectivity index (χ3n) is 3.92. The van der Waals surface area contributed by atoms with E-state index in [1.165, 1.54) is 4.90 Å². The monoisotopic (exact) mass is 291 g/mol. The van der Waals surface area contributed by atoms with Crippen molar-refractivity contribution >= 4 is 29.1 Å². The van der Waals surface area contributed by atoms with Crippen molar-refractivity contribution in [2.24, 2.45) is 10.2 Å². The van der Waals surface area contributed by atoms with Crippen LogP contribution in [-0.2, 0) is 9.59 Å². The van der Waals surface area contributed by atoms with Gasteiger partial charge in [-0.25, -0.2) is 4.90 Å². The zero-order valence-corrected chi connectivity index (χ0v) is 12.0. The molecule has 1 saturated heterocycles. The lowest BCUT2D eigenvalue weighted by atomic mass is 9.95. The molecule has 20 heavy (non-hydrogen) atoms. The van der Waals surface area contributed by atoms with Gasteiger partial charge in [-0.05, 0) is 37.1 Å². The normalized spacial score (nSPS) is 28.9. The van der Waals surface area contributed by atoms with Gasteiger partial charge in [-0.3, -0.25) is 9.59 Å². The SMILES string of the molecule is Cc1ccc(N2C(=O)C[C@@]3(C[C@@H](Cl)N=N3)C2=O)cc1C. The summed E-state index contributed by atoms with van der Waals surface area (Å²) in [6, 6.07) is 5.52. The Labute approximate surface area is 121 Å². The van der Waals surface area contributed by atoms with E-state index < -0.39 is 11.0 Å². The number of carbonyl (C=O) groups excluding carboxylic acids is 2. The minimum Gasteiger partial charge on any atom is -0.274 e. The minimum atomic E-state index is -1.08. The largest absolute Gasteiger partial charge is 0.274 e. The molecule has 0 aliphatic carbocycles. The molecule has 104 valence electrons. The summed E-state index contributed by atoms with van der Waals surface area (Å²) in [6.07, 6.45) is 0.339. The van der Waals surface area contributed by atoms with E-state index in [-0.39, 0.29) is 18.2 Å². The Balaban J connectivity index is 1.99. The molecule has 0 saturated carbocycles. The van der Waals surface area contributed by atoms with Crippen LogP contribution in [0.25, 0.3) is 0 Å². The number of halogens is 1. The Kier molecular flexibility index (Phi) is 2.90. The number of rotatable bonds is 1. The maximum absolute atomic E-state index is 12.6. The highest BCUT2D eigenvalue weighted by Crippen LogP contribution is 2.40. The lowest BCUT2D eigenvalue weighted by molar-refractivity contribution is -0.122. The van der Waals surface area contributed by atoms with E-state index in [9.17, 15) is 9.59 Å². The van der Waals surface area contributed by atoms with E-state index in [1.807, 2.05) is 26.0 Å². The number of azo groups is 1. The van der Waals surface area contributed by atoms with Crippen LogP contribution in [0.3, 0.4) is 0 Å². The summed E-state index contributed by atoms with van der Waals surface area (Å²) in [5.41, 5.74) is 1.14. The molecule has 3 rings (SSSR count). The molecule has 1 aromatic rings. The lowest BCUT2D eigenvalue weighted by Crippen LogP contribution is -2.38. The topological polar surface area (TPSA) is 62.1 Å². The summed E-state index contributed by atoms with van der Waals surface area (Å²) in [6.45, 7) is 3.93. The predicted octanol–water partition coefficient (Wildman–Crippen LogP) is 2.73. The Morgan fingerprint density at radius 2 is 2.05 bits per heavy atom. The Bertz CT molecular complexity index is 643. The molecule has 2 amide bonds. The van der Waals surface area contributed by atoms with Crippen molar-refractivity contribution < 1.29 is 9.59 Å². The number of imide groups is 1. The van der Waals surface area contributed by atoms with Crippen molar-refractivity contribution in [3.63, 3.8) is 0 Å².